The Morgan fingerprint density at radius 1 is 1.15 bits per heavy atom. The summed E-state index contributed by atoms with van der Waals surface area (Å²) in [6.07, 6.45) is 2.71. The molecule has 0 aliphatic carbocycles. The summed E-state index contributed by atoms with van der Waals surface area (Å²) in [7, 11) is -1.90. The van der Waals surface area contributed by atoms with Crippen molar-refractivity contribution < 1.29 is 27.8 Å². The van der Waals surface area contributed by atoms with Crippen molar-refractivity contribution in [3.05, 3.63) is 53.6 Å². The predicted octanol–water partition coefficient (Wildman–Crippen LogP) is 2.91. The smallest absolute Gasteiger partial charge is 0.338 e. The van der Waals surface area contributed by atoms with Crippen LogP contribution >= 0.6 is 0 Å². The molecule has 0 unspecified atom stereocenters. The molecule has 0 heterocycles. The number of aromatic hydroxyl groups is 1. The van der Waals surface area contributed by atoms with E-state index in [9.17, 15) is 18.3 Å². The van der Waals surface area contributed by atoms with Crippen LogP contribution in [0.5, 0.6) is 11.5 Å². The van der Waals surface area contributed by atoms with Gasteiger partial charge in [-0.05, 0) is 48.4 Å². The van der Waals surface area contributed by atoms with Crippen molar-refractivity contribution >= 4 is 27.5 Å². The SMILES string of the molecule is CCOC(=O)/C(=C/c1ccc(O)c(OC)c1)c1ccc(S(C)(=O)=O)cc1. The topological polar surface area (TPSA) is 89.9 Å². The summed E-state index contributed by atoms with van der Waals surface area (Å²) in [6.45, 7) is 1.91. The fraction of sp³-hybridized carbons (Fsp3) is 0.211. The first-order valence-corrected chi connectivity index (χ1v) is 9.71. The van der Waals surface area contributed by atoms with Gasteiger partial charge in [0.1, 0.15) is 0 Å². The lowest BCUT2D eigenvalue weighted by Gasteiger charge is -2.09. The summed E-state index contributed by atoms with van der Waals surface area (Å²) < 4.78 is 33.4. The van der Waals surface area contributed by atoms with Crippen molar-refractivity contribution in [1.82, 2.24) is 0 Å². The van der Waals surface area contributed by atoms with Gasteiger partial charge in [0.05, 0.1) is 24.2 Å². The van der Waals surface area contributed by atoms with E-state index in [4.69, 9.17) is 9.47 Å². The van der Waals surface area contributed by atoms with E-state index >= 15 is 0 Å². The van der Waals surface area contributed by atoms with E-state index in [1.807, 2.05) is 0 Å². The number of methoxy groups -OCH3 is 1. The second-order valence-corrected chi connectivity index (χ2v) is 7.52. The highest BCUT2D eigenvalue weighted by Crippen LogP contribution is 2.29. The van der Waals surface area contributed by atoms with E-state index in [1.54, 1.807) is 37.3 Å². The van der Waals surface area contributed by atoms with Gasteiger partial charge in [0.25, 0.3) is 0 Å². The minimum absolute atomic E-state index is 0.0140. The summed E-state index contributed by atoms with van der Waals surface area (Å²) in [4.78, 5) is 12.5. The Kier molecular flexibility index (Phi) is 6.05. The van der Waals surface area contributed by atoms with Gasteiger partial charge in [0.2, 0.25) is 0 Å². The van der Waals surface area contributed by atoms with Gasteiger partial charge >= 0.3 is 5.97 Å². The van der Waals surface area contributed by atoms with E-state index < -0.39 is 15.8 Å². The van der Waals surface area contributed by atoms with E-state index in [-0.39, 0.29) is 28.6 Å². The Labute approximate surface area is 152 Å². The molecular weight excluding hydrogens is 356 g/mol. The molecule has 0 saturated carbocycles. The molecule has 6 nitrogen and oxygen atoms in total. The van der Waals surface area contributed by atoms with Gasteiger partial charge < -0.3 is 14.6 Å². The third-order valence-corrected chi connectivity index (χ3v) is 4.73. The first kappa shape index (κ1) is 19.5. The number of carbonyl (C=O) groups excluding carboxylic acids is 1. The number of phenols is 1. The van der Waals surface area contributed by atoms with Crippen LogP contribution in [0.25, 0.3) is 11.6 Å². The summed E-state index contributed by atoms with van der Waals surface area (Å²) in [5.41, 5.74) is 1.40. The second-order valence-electron chi connectivity index (χ2n) is 5.51. The fourth-order valence-electron chi connectivity index (χ4n) is 2.30. The van der Waals surface area contributed by atoms with E-state index in [0.29, 0.717) is 11.1 Å². The van der Waals surface area contributed by atoms with Gasteiger partial charge in [0, 0.05) is 6.26 Å². The zero-order valence-corrected chi connectivity index (χ0v) is 15.5. The molecule has 2 aromatic rings. The van der Waals surface area contributed by atoms with Crippen LogP contribution in [0.1, 0.15) is 18.1 Å². The molecule has 0 saturated heterocycles. The first-order valence-electron chi connectivity index (χ1n) is 7.82. The third-order valence-electron chi connectivity index (χ3n) is 3.60. The third kappa shape index (κ3) is 4.64. The molecule has 0 atom stereocenters. The van der Waals surface area contributed by atoms with Gasteiger partial charge in [-0.15, -0.1) is 0 Å². The monoisotopic (exact) mass is 376 g/mol. The van der Waals surface area contributed by atoms with Gasteiger partial charge in [0.15, 0.2) is 21.3 Å². The molecule has 0 aliphatic heterocycles. The molecule has 0 aromatic heterocycles. The van der Waals surface area contributed by atoms with Crippen molar-refractivity contribution in [1.29, 1.82) is 0 Å². The average Bonchev–Trinajstić information content (AvgIpc) is 2.60. The van der Waals surface area contributed by atoms with Crippen LogP contribution in [0.15, 0.2) is 47.4 Å². The Hall–Kier alpha value is -2.80. The van der Waals surface area contributed by atoms with Crippen LogP contribution < -0.4 is 4.74 Å². The maximum atomic E-state index is 12.4. The molecule has 2 aromatic carbocycles. The Morgan fingerprint density at radius 3 is 2.35 bits per heavy atom. The fourth-order valence-corrected chi connectivity index (χ4v) is 2.93. The molecule has 1 N–H and O–H groups in total. The highest BCUT2D eigenvalue weighted by Gasteiger charge is 2.15. The Balaban J connectivity index is 2.52. The first-order chi connectivity index (χ1) is 12.3. The summed E-state index contributed by atoms with van der Waals surface area (Å²) >= 11 is 0. The number of phenolic OH excluding ortho intramolecular Hbond substituents is 1. The summed E-state index contributed by atoms with van der Waals surface area (Å²) in [5.74, 6) is -0.277. The molecule has 0 radical (unpaired) electrons. The average molecular weight is 376 g/mol. The van der Waals surface area contributed by atoms with Gasteiger partial charge in [-0.3, -0.25) is 0 Å². The number of ether oxygens (including phenoxy) is 2. The van der Waals surface area contributed by atoms with Crippen LogP contribution in [-0.2, 0) is 19.4 Å². The molecule has 0 spiro atoms. The number of esters is 1. The molecule has 2 rings (SSSR count). The number of hydrogen-bond acceptors (Lipinski definition) is 6. The quantitative estimate of drug-likeness (QED) is 0.474. The zero-order valence-electron chi connectivity index (χ0n) is 14.7. The molecule has 0 amide bonds. The van der Waals surface area contributed by atoms with Crippen LogP contribution in [0.4, 0.5) is 0 Å². The number of rotatable bonds is 6. The van der Waals surface area contributed by atoms with Crippen molar-refractivity contribution in [2.75, 3.05) is 20.0 Å². The van der Waals surface area contributed by atoms with Crippen molar-refractivity contribution in [2.24, 2.45) is 0 Å². The van der Waals surface area contributed by atoms with Crippen LogP contribution in [0, 0.1) is 0 Å². The molecule has 0 bridgehead atoms. The highest BCUT2D eigenvalue weighted by molar-refractivity contribution is 7.90. The highest BCUT2D eigenvalue weighted by atomic mass is 32.2. The minimum atomic E-state index is -3.33. The number of benzene rings is 2. The predicted molar refractivity (Wildman–Crippen MR) is 98.7 cm³/mol. The van der Waals surface area contributed by atoms with Crippen molar-refractivity contribution in [3.8, 4) is 11.5 Å². The number of hydrogen-bond donors (Lipinski definition) is 1. The van der Waals surface area contributed by atoms with E-state index in [2.05, 4.69) is 0 Å². The van der Waals surface area contributed by atoms with Gasteiger partial charge in [-0.2, -0.15) is 0 Å². The van der Waals surface area contributed by atoms with Crippen LogP contribution in [0.3, 0.4) is 0 Å². The Morgan fingerprint density at radius 2 is 1.81 bits per heavy atom. The Bertz CT molecular complexity index is 927. The lowest BCUT2D eigenvalue weighted by Crippen LogP contribution is -2.07. The molecular formula is C19H20O6S. The number of sulfone groups is 1. The lowest BCUT2D eigenvalue weighted by molar-refractivity contribution is -0.136. The summed E-state index contributed by atoms with van der Waals surface area (Å²) in [6, 6.07) is 10.7. The maximum absolute atomic E-state index is 12.4. The summed E-state index contributed by atoms with van der Waals surface area (Å²) in [5, 5.41) is 9.69. The second kappa shape index (κ2) is 8.05. The number of carbonyl (C=O) groups is 1. The molecule has 7 heteroatoms. The van der Waals surface area contributed by atoms with E-state index in [1.165, 1.54) is 25.3 Å². The normalized spacial score (nSPS) is 11.9. The van der Waals surface area contributed by atoms with E-state index in [0.717, 1.165) is 6.26 Å². The largest absolute Gasteiger partial charge is 0.504 e. The maximum Gasteiger partial charge on any atom is 0.338 e. The minimum Gasteiger partial charge on any atom is -0.504 e. The lowest BCUT2D eigenvalue weighted by atomic mass is 10.0. The standard InChI is InChI=1S/C19H20O6S/c1-4-25-19(21)16(11-13-5-10-17(20)18(12-13)24-2)14-6-8-15(9-7-14)26(3,22)23/h5-12,20H,4H2,1-3H3/b16-11+. The molecule has 0 aliphatic rings. The van der Waals surface area contributed by atoms with Gasteiger partial charge in [-0.25, -0.2) is 13.2 Å². The molecule has 0 fully saturated rings. The van der Waals surface area contributed by atoms with Crippen molar-refractivity contribution in [3.63, 3.8) is 0 Å². The molecule has 138 valence electrons. The zero-order chi connectivity index (χ0) is 19.3. The van der Waals surface area contributed by atoms with Gasteiger partial charge in [-0.1, -0.05) is 18.2 Å². The van der Waals surface area contributed by atoms with Crippen LogP contribution in [0.2, 0.25) is 0 Å². The van der Waals surface area contributed by atoms with Crippen molar-refractivity contribution in [2.45, 2.75) is 11.8 Å². The molecule has 26 heavy (non-hydrogen) atoms. The van der Waals surface area contributed by atoms with Crippen LogP contribution in [-0.4, -0.2) is 39.5 Å².